The monoisotopic (exact) mass is 540 g/mol. The van der Waals surface area contributed by atoms with Gasteiger partial charge in [0, 0.05) is 30.6 Å². The van der Waals surface area contributed by atoms with E-state index in [2.05, 4.69) is 14.7 Å². The van der Waals surface area contributed by atoms with Gasteiger partial charge in [-0.2, -0.15) is 13.2 Å². The molecular formula is C24H21ClF4N4O2S. The van der Waals surface area contributed by atoms with Gasteiger partial charge < -0.3 is 14.7 Å². The van der Waals surface area contributed by atoms with Gasteiger partial charge in [-0.1, -0.05) is 17.7 Å². The molecule has 0 radical (unpaired) electrons. The Bertz CT molecular complexity index is 1280. The number of pyridine rings is 2. The quantitative estimate of drug-likeness (QED) is 0.264. The predicted molar refractivity (Wildman–Crippen MR) is 131 cm³/mol. The number of alkyl halides is 3. The fourth-order valence-corrected chi connectivity index (χ4v) is 4.68. The fraction of sp³-hybridized carbons (Fsp3) is 0.292. The first-order valence-electron chi connectivity index (χ1n) is 10.9. The van der Waals surface area contributed by atoms with Crippen LogP contribution >= 0.6 is 23.5 Å². The number of nitrogens with one attached hydrogen (secondary N) is 1. The molecule has 0 amide bonds. The van der Waals surface area contributed by atoms with Gasteiger partial charge in [-0.25, -0.2) is 14.4 Å². The average molecular weight is 541 g/mol. The highest BCUT2D eigenvalue weighted by molar-refractivity contribution is 8.00. The number of hydrogen-bond acceptors (Lipinski definition) is 6. The zero-order chi connectivity index (χ0) is 26.1. The molecule has 12 heteroatoms. The third-order valence-corrected chi connectivity index (χ3v) is 7.12. The molecule has 0 saturated carbocycles. The van der Waals surface area contributed by atoms with Crippen molar-refractivity contribution in [2.75, 3.05) is 22.7 Å². The summed E-state index contributed by atoms with van der Waals surface area (Å²) in [6.07, 6.45) is -3.71. The maximum absolute atomic E-state index is 13.6. The number of halogens is 5. The number of carboxylic acid groups (broad SMARTS) is 1. The lowest BCUT2D eigenvalue weighted by atomic mass is 9.80. The smallest absolute Gasteiger partial charge is 0.418 e. The molecular weight excluding hydrogens is 520 g/mol. The Morgan fingerprint density at radius 3 is 2.50 bits per heavy atom. The first-order chi connectivity index (χ1) is 17.0. The molecule has 1 aromatic carbocycles. The van der Waals surface area contributed by atoms with Gasteiger partial charge >= 0.3 is 12.1 Å². The largest absolute Gasteiger partial charge is 0.481 e. The number of anilines is 2. The van der Waals surface area contributed by atoms with Crippen LogP contribution in [0.4, 0.5) is 29.2 Å². The maximum Gasteiger partial charge on any atom is 0.418 e. The maximum atomic E-state index is 13.6. The molecule has 0 aliphatic carbocycles. The highest BCUT2D eigenvalue weighted by Crippen LogP contribution is 2.40. The summed E-state index contributed by atoms with van der Waals surface area (Å²) >= 11 is 7.08. The summed E-state index contributed by atoms with van der Waals surface area (Å²) in [4.78, 5) is 22.2. The SMILES string of the molecule is CC1(C(=O)O)CCN(c2cccc(SNc3ccc(C(F)(F)F)c(-c4ccc(F)cc4Cl)n3)n2)CC1. The van der Waals surface area contributed by atoms with Crippen LogP contribution < -0.4 is 9.62 Å². The van der Waals surface area contributed by atoms with Crippen LogP contribution in [-0.2, 0) is 11.0 Å². The van der Waals surface area contributed by atoms with Gasteiger partial charge in [-0.05, 0) is 62.2 Å². The van der Waals surface area contributed by atoms with Crippen molar-refractivity contribution in [2.45, 2.75) is 31.0 Å². The molecule has 3 heterocycles. The van der Waals surface area contributed by atoms with Crippen molar-refractivity contribution in [2.24, 2.45) is 5.41 Å². The standard InChI is InChI=1S/C24H21ClF4N4O2S/c1-23(22(34)35)9-11-33(12-10-23)19-3-2-4-20(31-19)36-32-18-8-7-16(24(27,28)29)21(30-18)15-6-5-14(26)13-17(15)25/h2-8,13H,9-12H2,1H3,(H,30,32)(H,34,35). The van der Waals surface area contributed by atoms with Gasteiger partial charge in [0.2, 0.25) is 0 Å². The van der Waals surface area contributed by atoms with E-state index in [-0.39, 0.29) is 16.4 Å². The summed E-state index contributed by atoms with van der Waals surface area (Å²) in [7, 11) is 0. The summed E-state index contributed by atoms with van der Waals surface area (Å²) in [5, 5.41) is 9.78. The van der Waals surface area contributed by atoms with E-state index in [4.69, 9.17) is 11.6 Å². The number of carbonyl (C=O) groups is 1. The summed E-state index contributed by atoms with van der Waals surface area (Å²) in [6.45, 7) is 2.82. The van der Waals surface area contributed by atoms with Crippen LogP contribution in [0.5, 0.6) is 0 Å². The van der Waals surface area contributed by atoms with Crippen molar-refractivity contribution >= 4 is 41.2 Å². The van der Waals surface area contributed by atoms with Gasteiger partial charge in [-0.15, -0.1) is 0 Å². The second-order valence-corrected chi connectivity index (χ2v) is 9.84. The van der Waals surface area contributed by atoms with Crippen LogP contribution in [-0.4, -0.2) is 34.1 Å². The fourth-order valence-electron chi connectivity index (χ4n) is 3.82. The molecule has 1 aliphatic heterocycles. The molecule has 4 rings (SSSR count). The van der Waals surface area contributed by atoms with Crippen LogP contribution in [0.2, 0.25) is 5.02 Å². The number of nitrogens with zero attached hydrogens (tertiary/aromatic N) is 3. The number of aromatic nitrogens is 2. The van der Waals surface area contributed by atoms with Crippen molar-refractivity contribution < 1.29 is 27.5 Å². The molecule has 0 bridgehead atoms. The minimum Gasteiger partial charge on any atom is -0.481 e. The lowest BCUT2D eigenvalue weighted by Crippen LogP contribution is -2.43. The van der Waals surface area contributed by atoms with E-state index in [1.165, 1.54) is 6.07 Å². The zero-order valence-electron chi connectivity index (χ0n) is 18.9. The first-order valence-corrected chi connectivity index (χ1v) is 12.1. The second-order valence-electron chi connectivity index (χ2n) is 8.61. The van der Waals surface area contributed by atoms with Crippen molar-refractivity contribution in [1.29, 1.82) is 0 Å². The molecule has 3 aromatic rings. The minimum absolute atomic E-state index is 0.0439. The molecule has 1 fully saturated rings. The molecule has 6 nitrogen and oxygen atoms in total. The Morgan fingerprint density at radius 2 is 1.86 bits per heavy atom. The summed E-state index contributed by atoms with van der Waals surface area (Å²) in [5.74, 6) is -0.678. The Balaban J connectivity index is 1.52. The summed E-state index contributed by atoms with van der Waals surface area (Å²) < 4.78 is 57.2. The van der Waals surface area contributed by atoms with Gasteiger partial charge in [0.25, 0.3) is 0 Å². The van der Waals surface area contributed by atoms with Crippen molar-refractivity contribution in [3.05, 3.63) is 64.9 Å². The van der Waals surface area contributed by atoms with Crippen LogP contribution in [0.15, 0.2) is 53.6 Å². The number of benzene rings is 1. The van der Waals surface area contributed by atoms with E-state index < -0.39 is 34.6 Å². The molecule has 2 N–H and O–H groups in total. The lowest BCUT2D eigenvalue weighted by molar-refractivity contribution is -0.149. The zero-order valence-corrected chi connectivity index (χ0v) is 20.5. The third kappa shape index (κ3) is 5.67. The van der Waals surface area contributed by atoms with E-state index in [9.17, 15) is 27.5 Å². The molecule has 0 unspecified atom stereocenters. The topological polar surface area (TPSA) is 78.4 Å². The Kier molecular flexibility index (Phi) is 7.33. The Labute approximate surface area is 213 Å². The molecule has 1 aliphatic rings. The number of aliphatic carboxylic acids is 1. The molecule has 2 aromatic heterocycles. The Hall–Kier alpha value is -3.05. The molecule has 36 heavy (non-hydrogen) atoms. The number of hydrogen-bond donors (Lipinski definition) is 2. The highest BCUT2D eigenvalue weighted by Gasteiger charge is 2.37. The van der Waals surface area contributed by atoms with Gasteiger partial charge in [-0.3, -0.25) is 4.79 Å². The van der Waals surface area contributed by atoms with E-state index >= 15 is 0 Å². The van der Waals surface area contributed by atoms with Crippen molar-refractivity contribution in [3.63, 3.8) is 0 Å². The predicted octanol–water partition coefficient (Wildman–Crippen LogP) is 6.77. The van der Waals surface area contributed by atoms with Gasteiger partial charge in [0.1, 0.15) is 22.5 Å². The first kappa shape index (κ1) is 26.0. The number of piperidine rings is 1. The minimum atomic E-state index is -4.69. The van der Waals surface area contributed by atoms with E-state index in [0.717, 1.165) is 36.2 Å². The van der Waals surface area contributed by atoms with E-state index in [0.29, 0.717) is 36.8 Å². The summed E-state index contributed by atoms with van der Waals surface area (Å²) in [5.41, 5.74) is -2.22. The highest BCUT2D eigenvalue weighted by atomic mass is 35.5. The molecule has 190 valence electrons. The van der Waals surface area contributed by atoms with Crippen molar-refractivity contribution in [3.8, 4) is 11.3 Å². The van der Waals surface area contributed by atoms with Crippen LogP contribution in [0.1, 0.15) is 25.3 Å². The molecule has 0 atom stereocenters. The normalized spacial score (nSPS) is 15.6. The van der Waals surface area contributed by atoms with Crippen molar-refractivity contribution in [1.82, 2.24) is 9.97 Å². The van der Waals surface area contributed by atoms with Gasteiger partial charge in [0.15, 0.2) is 0 Å². The van der Waals surface area contributed by atoms with Crippen LogP contribution in [0.3, 0.4) is 0 Å². The van der Waals surface area contributed by atoms with Gasteiger partial charge in [0.05, 0.1) is 21.7 Å². The molecule has 1 saturated heterocycles. The number of carboxylic acids is 1. The molecule has 0 spiro atoms. The number of rotatable bonds is 6. The third-order valence-electron chi connectivity index (χ3n) is 6.06. The summed E-state index contributed by atoms with van der Waals surface area (Å²) in [6, 6.07) is 10.5. The Morgan fingerprint density at radius 1 is 1.14 bits per heavy atom. The lowest BCUT2D eigenvalue weighted by Gasteiger charge is -2.37. The average Bonchev–Trinajstić information content (AvgIpc) is 2.82. The van der Waals surface area contributed by atoms with Crippen LogP contribution in [0.25, 0.3) is 11.3 Å². The van der Waals surface area contributed by atoms with Crippen LogP contribution in [0, 0.1) is 11.2 Å². The second kappa shape index (κ2) is 10.1. The van der Waals surface area contributed by atoms with E-state index in [1.54, 1.807) is 19.1 Å². The van der Waals surface area contributed by atoms with E-state index in [1.807, 2.05) is 11.0 Å².